The summed E-state index contributed by atoms with van der Waals surface area (Å²) in [4.78, 5) is 21.6. The molecule has 0 aliphatic rings. The van der Waals surface area contributed by atoms with Crippen molar-refractivity contribution in [1.82, 2.24) is 0 Å². The van der Waals surface area contributed by atoms with E-state index in [1.165, 1.54) is 18.2 Å². The zero-order valence-electron chi connectivity index (χ0n) is 11.9. The number of hydrogen-bond acceptors (Lipinski definition) is 4. The van der Waals surface area contributed by atoms with Gasteiger partial charge in [0.05, 0.1) is 4.92 Å². The molecule has 0 amide bonds. The Bertz CT molecular complexity index is 698. The summed E-state index contributed by atoms with van der Waals surface area (Å²) in [6.07, 6.45) is -1.06. The SMILES string of the molecule is Cc1ccccc1O[C@@H](Cc1cccc([N+](=O)[O-])c1)C(=O)O. The van der Waals surface area contributed by atoms with E-state index in [0.29, 0.717) is 11.3 Å². The third-order valence-electron chi connectivity index (χ3n) is 3.18. The molecule has 0 spiro atoms. The first kappa shape index (κ1) is 15.5. The van der Waals surface area contributed by atoms with E-state index in [2.05, 4.69) is 0 Å². The highest BCUT2D eigenvalue weighted by Gasteiger charge is 2.21. The molecule has 0 saturated carbocycles. The molecule has 2 rings (SSSR count). The Hall–Kier alpha value is -2.89. The predicted molar refractivity (Wildman–Crippen MR) is 80.0 cm³/mol. The van der Waals surface area contributed by atoms with Crippen LogP contribution < -0.4 is 4.74 Å². The molecule has 0 bridgehead atoms. The van der Waals surface area contributed by atoms with Gasteiger partial charge in [-0.1, -0.05) is 30.3 Å². The van der Waals surface area contributed by atoms with Crippen molar-refractivity contribution in [1.29, 1.82) is 0 Å². The minimum atomic E-state index is -1.12. The summed E-state index contributed by atoms with van der Waals surface area (Å²) in [6.45, 7) is 1.82. The third-order valence-corrected chi connectivity index (χ3v) is 3.18. The number of hydrogen-bond donors (Lipinski definition) is 1. The van der Waals surface area contributed by atoms with Crippen LogP contribution in [0.25, 0.3) is 0 Å². The standard InChI is InChI=1S/C16H15NO5/c1-11-5-2-3-8-14(11)22-15(16(18)19)10-12-6-4-7-13(9-12)17(20)21/h2-9,15H,10H2,1H3,(H,18,19)/t15-/m0/s1. The predicted octanol–water partition coefficient (Wildman–Crippen LogP) is 2.98. The zero-order valence-corrected chi connectivity index (χ0v) is 11.9. The largest absolute Gasteiger partial charge is 0.478 e. The molecule has 2 aromatic rings. The van der Waals surface area contributed by atoms with E-state index in [0.717, 1.165) is 5.56 Å². The highest BCUT2D eigenvalue weighted by atomic mass is 16.6. The van der Waals surface area contributed by atoms with Gasteiger partial charge in [0.25, 0.3) is 5.69 Å². The van der Waals surface area contributed by atoms with E-state index in [1.807, 2.05) is 19.1 Å². The molecule has 0 aromatic heterocycles. The second-order valence-corrected chi connectivity index (χ2v) is 4.84. The number of aliphatic carboxylic acids is 1. The maximum Gasteiger partial charge on any atom is 0.345 e. The van der Waals surface area contributed by atoms with E-state index in [-0.39, 0.29) is 12.1 Å². The lowest BCUT2D eigenvalue weighted by molar-refractivity contribution is -0.384. The lowest BCUT2D eigenvalue weighted by Crippen LogP contribution is -2.29. The van der Waals surface area contributed by atoms with Crippen LogP contribution in [-0.2, 0) is 11.2 Å². The van der Waals surface area contributed by atoms with Gasteiger partial charge in [-0.2, -0.15) is 0 Å². The first-order valence-corrected chi connectivity index (χ1v) is 6.66. The van der Waals surface area contributed by atoms with Crippen molar-refractivity contribution in [3.05, 3.63) is 69.8 Å². The van der Waals surface area contributed by atoms with Crippen LogP contribution >= 0.6 is 0 Å². The van der Waals surface area contributed by atoms with E-state index in [1.54, 1.807) is 18.2 Å². The number of para-hydroxylation sites is 1. The van der Waals surface area contributed by atoms with Crippen molar-refractivity contribution in [3.63, 3.8) is 0 Å². The van der Waals surface area contributed by atoms with Gasteiger partial charge in [-0.05, 0) is 24.1 Å². The average Bonchev–Trinajstić information content (AvgIpc) is 2.49. The molecule has 0 aliphatic heterocycles. The summed E-state index contributed by atoms with van der Waals surface area (Å²) in [7, 11) is 0. The van der Waals surface area contributed by atoms with Crippen LogP contribution in [0, 0.1) is 17.0 Å². The molecule has 0 saturated heterocycles. The van der Waals surface area contributed by atoms with Crippen molar-refractivity contribution in [2.75, 3.05) is 0 Å². The molecular weight excluding hydrogens is 286 g/mol. The molecule has 0 heterocycles. The zero-order chi connectivity index (χ0) is 16.1. The Labute approximate surface area is 127 Å². The Balaban J connectivity index is 2.19. The number of nitrogens with zero attached hydrogens (tertiary/aromatic N) is 1. The van der Waals surface area contributed by atoms with Crippen LogP contribution in [0.15, 0.2) is 48.5 Å². The lowest BCUT2D eigenvalue weighted by atomic mass is 10.1. The smallest absolute Gasteiger partial charge is 0.345 e. The Morgan fingerprint density at radius 1 is 1.27 bits per heavy atom. The number of carboxylic acid groups (broad SMARTS) is 1. The van der Waals surface area contributed by atoms with Gasteiger partial charge in [-0.25, -0.2) is 4.79 Å². The van der Waals surface area contributed by atoms with Crippen molar-refractivity contribution in [3.8, 4) is 5.75 Å². The van der Waals surface area contributed by atoms with Gasteiger partial charge < -0.3 is 9.84 Å². The monoisotopic (exact) mass is 301 g/mol. The number of nitro benzene ring substituents is 1. The first-order valence-electron chi connectivity index (χ1n) is 6.66. The van der Waals surface area contributed by atoms with Gasteiger partial charge in [-0.3, -0.25) is 10.1 Å². The number of non-ortho nitro benzene ring substituents is 1. The highest BCUT2D eigenvalue weighted by Crippen LogP contribution is 2.21. The molecule has 1 atom stereocenters. The number of ether oxygens (including phenoxy) is 1. The highest BCUT2D eigenvalue weighted by molar-refractivity contribution is 5.73. The van der Waals surface area contributed by atoms with Crippen LogP contribution in [-0.4, -0.2) is 22.1 Å². The minimum Gasteiger partial charge on any atom is -0.478 e. The molecule has 114 valence electrons. The second kappa shape index (κ2) is 6.71. The van der Waals surface area contributed by atoms with Gasteiger partial charge in [-0.15, -0.1) is 0 Å². The van der Waals surface area contributed by atoms with Crippen LogP contribution in [0.5, 0.6) is 5.75 Å². The van der Waals surface area contributed by atoms with E-state index < -0.39 is 17.0 Å². The van der Waals surface area contributed by atoms with E-state index in [9.17, 15) is 20.0 Å². The molecule has 6 heteroatoms. The molecule has 0 radical (unpaired) electrons. The van der Waals surface area contributed by atoms with Gasteiger partial charge in [0.2, 0.25) is 0 Å². The molecule has 6 nitrogen and oxygen atoms in total. The van der Waals surface area contributed by atoms with Crippen LogP contribution in [0.3, 0.4) is 0 Å². The molecule has 0 aliphatic carbocycles. The molecular formula is C16H15NO5. The molecule has 2 aromatic carbocycles. The van der Waals surface area contributed by atoms with Crippen molar-refractivity contribution < 1.29 is 19.6 Å². The summed E-state index contributed by atoms with van der Waals surface area (Å²) >= 11 is 0. The van der Waals surface area contributed by atoms with Crippen LogP contribution in [0.4, 0.5) is 5.69 Å². The minimum absolute atomic E-state index is 0.0470. The van der Waals surface area contributed by atoms with Crippen LogP contribution in [0.2, 0.25) is 0 Å². The quantitative estimate of drug-likeness (QED) is 0.654. The summed E-state index contributed by atoms with van der Waals surface area (Å²) in [5.41, 5.74) is 1.29. The molecule has 0 fully saturated rings. The third kappa shape index (κ3) is 3.82. The summed E-state index contributed by atoms with van der Waals surface area (Å²) in [5.74, 6) is -0.630. The first-order chi connectivity index (χ1) is 10.5. The fourth-order valence-corrected chi connectivity index (χ4v) is 2.03. The molecule has 22 heavy (non-hydrogen) atoms. The van der Waals surface area contributed by atoms with Crippen molar-refractivity contribution >= 4 is 11.7 Å². The maximum atomic E-state index is 11.4. The number of aryl methyl sites for hydroxylation is 1. The van der Waals surface area contributed by atoms with E-state index >= 15 is 0 Å². The van der Waals surface area contributed by atoms with Crippen molar-refractivity contribution in [2.24, 2.45) is 0 Å². The summed E-state index contributed by atoms with van der Waals surface area (Å²) in [5, 5.41) is 20.1. The number of carboxylic acids is 1. The fourth-order valence-electron chi connectivity index (χ4n) is 2.03. The number of rotatable bonds is 6. The van der Waals surface area contributed by atoms with Gasteiger partial charge in [0.1, 0.15) is 5.75 Å². The Morgan fingerprint density at radius 3 is 2.64 bits per heavy atom. The topological polar surface area (TPSA) is 89.7 Å². The summed E-state index contributed by atoms with van der Waals surface area (Å²) < 4.78 is 5.54. The Morgan fingerprint density at radius 2 is 2.00 bits per heavy atom. The normalized spacial score (nSPS) is 11.7. The summed E-state index contributed by atoms with van der Waals surface area (Å²) in [6, 6.07) is 13.0. The molecule has 1 N–H and O–H groups in total. The molecule has 0 unspecified atom stereocenters. The number of nitro groups is 1. The van der Waals surface area contributed by atoms with Gasteiger partial charge in [0, 0.05) is 18.6 Å². The average molecular weight is 301 g/mol. The number of carbonyl (C=O) groups is 1. The van der Waals surface area contributed by atoms with Gasteiger partial charge >= 0.3 is 5.97 Å². The fraction of sp³-hybridized carbons (Fsp3) is 0.188. The Kier molecular flexibility index (Phi) is 4.73. The van der Waals surface area contributed by atoms with E-state index in [4.69, 9.17) is 4.74 Å². The second-order valence-electron chi connectivity index (χ2n) is 4.84. The van der Waals surface area contributed by atoms with Gasteiger partial charge in [0.15, 0.2) is 6.10 Å². The number of benzene rings is 2. The lowest BCUT2D eigenvalue weighted by Gasteiger charge is -2.16. The van der Waals surface area contributed by atoms with Crippen molar-refractivity contribution in [2.45, 2.75) is 19.4 Å². The maximum absolute atomic E-state index is 11.4. The van der Waals surface area contributed by atoms with Crippen LogP contribution in [0.1, 0.15) is 11.1 Å².